The molecule has 0 bridgehead atoms. The van der Waals surface area contributed by atoms with E-state index in [4.69, 9.17) is 13.6 Å². The van der Waals surface area contributed by atoms with Crippen molar-refractivity contribution in [2.24, 2.45) is 0 Å². The maximum Gasteiger partial charge on any atom is 0.331 e. The second-order valence-electron chi connectivity index (χ2n) is 12.3. The fourth-order valence-corrected chi connectivity index (χ4v) is 6.77. The maximum atomic E-state index is 12.9. The van der Waals surface area contributed by atoms with Gasteiger partial charge in [-0.3, -0.25) is 14.3 Å². The normalized spacial score (nSPS) is 26.1. The van der Waals surface area contributed by atoms with E-state index in [1.54, 1.807) is 6.08 Å². The SMILES string of the molecule is CC(C)(C)[Si](C)(C)OC[C@H]1O[C@@]2(C[C@@H]1O[Si](C)(C)C(C)(C)C)C(Br)=Cc1cc(=O)[nH]c(=O)n12. The summed E-state index contributed by atoms with van der Waals surface area (Å²) in [6.07, 6.45) is 1.65. The Labute approximate surface area is 207 Å². The number of H-pyrrole nitrogens is 1. The zero-order valence-electron chi connectivity index (χ0n) is 21.6. The Morgan fingerprint density at radius 2 is 1.70 bits per heavy atom. The Balaban J connectivity index is 2.01. The number of hydrogen-bond donors (Lipinski definition) is 1. The number of hydrogen-bond acceptors (Lipinski definition) is 5. The van der Waals surface area contributed by atoms with E-state index in [9.17, 15) is 9.59 Å². The molecule has 186 valence electrons. The van der Waals surface area contributed by atoms with Gasteiger partial charge in [-0.25, -0.2) is 4.79 Å². The van der Waals surface area contributed by atoms with Crippen molar-refractivity contribution in [3.63, 3.8) is 0 Å². The molecule has 10 heteroatoms. The molecule has 3 atom stereocenters. The quantitative estimate of drug-likeness (QED) is 0.506. The number of aromatic nitrogens is 2. The van der Waals surface area contributed by atoms with E-state index in [1.807, 2.05) is 0 Å². The molecule has 7 nitrogen and oxygen atoms in total. The zero-order chi connectivity index (χ0) is 25.2. The molecule has 1 aromatic heterocycles. The molecule has 0 radical (unpaired) electrons. The van der Waals surface area contributed by atoms with E-state index < -0.39 is 33.6 Å². The minimum absolute atomic E-state index is 0.0241. The summed E-state index contributed by atoms with van der Waals surface area (Å²) >= 11 is 3.64. The molecule has 1 saturated heterocycles. The van der Waals surface area contributed by atoms with Crippen LogP contribution >= 0.6 is 15.9 Å². The van der Waals surface area contributed by atoms with Crippen LogP contribution in [0.2, 0.25) is 36.3 Å². The van der Waals surface area contributed by atoms with Crippen LogP contribution in [0, 0.1) is 0 Å². The molecule has 0 aromatic carbocycles. The molecule has 1 fully saturated rings. The van der Waals surface area contributed by atoms with E-state index >= 15 is 0 Å². The van der Waals surface area contributed by atoms with Gasteiger partial charge < -0.3 is 13.6 Å². The summed E-state index contributed by atoms with van der Waals surface area (Å²) < 4.78 is 22.3. The number of rotatable bonds is 5. The van der Waals surface area contributed by atoms with Crippen molar-refractivity contribution >= 4 is 38.6 Å². The lowest BCUT2D eigenvalue weighted by Gasteiger charge is -2.40. The lowest BCUT2D eigenvalue weighted by atomic mass is 10.1. The Morgan fingerprint density at radius 3 is 2.24 bits per heavy atom. The number of halogens is 1. The summed E-state index contributed by atoms with van der Waals surface area (Å²) in [5.41, 5.74) is -1.44. The second-order valence-corrected chi connectivity index (χ2v) is 22.7. The van der Waals surface area contributed by atoms with Gasteiger partial charge in [0.2, 0.25) is 0 Å². The molecule has 0 amide bonds. The molecular weight excluding hydrogens is 520 g/mol. The average molecular weight is 560 g/mol. The molecule has 2 aliphatic rings. The van der Waals surface area contributed by atoms with Gasteiger partial charge in [-0.2, -0.15) is 0 Å². The molecular formula is C23H39BrN2O5Si2. The van der Waals surface area contributed by atoms with Gasteiger partial charge >= 0.3 is 5.69 Å². The standard InChI is InChI=1S/C23H39BrN2O5Si2/c1-21(2,3)32(7,8)29-14-17-16(31-33(9,10)22(4,5)6)13-23(30-17)18(24)11-15-12-19(27)25-20(28)26(15)23/h11-12,16-17H,13-14H2,1-10H3,(H,25,27,28)/t16-,17+,23-/m0/s1. The summed E-state index contributed by atoms with van der Waals surface area (Å²) in [5.74, 6) is 0. The van der Waals surface area contributed by atoms with Crippen LogP contribution in [0.1, 0.15) is 53.7 Å². The van der Waals surface area contributed by atoms with E-state index in [-0.39, 0.29) is 22.3 Å². The minimum Gasteiger partial charge on any atom is -0.414 e. The topological polar surface area (TPSA) is 82.6 Å². The van der Waals surface area contributed by atoms with Crippen LogP contribution < -0.4 is 11.2 Å². The van der Waals surface area contributed by atoms with Crippen molar-refractivity contribution in [1.29, 1.82) is 0 Å². The Hall–Kier alpha value is -0.786. The third kappa shape index (κ3) is 4.84. The van der Waals surface area contributed by atoms with Crippen LogP contribution in [0.15, 0.2) is 20.1 Å². The predicted octanol–water partition coefficient (Wildman–Crippen LogP) is 5.14. The van der Waals surface area contributed by atoms with Gasteiger partial charge in [0, 0.05) is 12.5 Å². The van der Waals surface area contributed by atoms with Crippen molar-refractivity contribution in [2.75, 3.05) is 6.61 Å². The van der Waals surface area contributed by atoms with Gasteiger partial charge in [-0.05, 0) is 42.3 Å². The Kier molecular flexibility index (Phi) is 6.83. The number of fused-ring (bicyclic) bond motifs is 2. The van der Waals surface area contributed by atoms with Gasteiger partial charge in [-0.1, -0.05) is 57.5 Å². The van der Waals surface area contributed by atoms with Crippen molar-refractivity contribution in [2.45, 2.75) is 102 Å². The third-order valence-corrected chi connectivity index (χ3v) is 17.7. The highest BCUT2D eigenvalue weighted by Gasteiger charge is 2.56. The van der Waals surface area contributed by atoms with Crippen molar-refractivity contribution in [1.82, 2.24) is 9.55 Å². The van der Waals surface area contributed by atoms with E-state index in [0.717, 1.165) is 0 Å². The Morgan fingerprint density at radius 1 is 1.12 bits per heavy atom. The van der Waals surface area contributed by atoms with Gasteiger partial charge in [0.05, 0.1) is 22.9 Å². The van der Waals surface area contributed by atoms with Gasteiger partial charge in [0.15, 0.2) is 22.4 Å². The first-order chi connectivity index (χ1) is 14.8. The molecule has 0 unspecified atom stereocenters. The number of ether oxygens (including phenoxy) is 1. The van der Waals surface area contributed by atoms with Crippen molar-refractivity contribution in [3.8, 4) is 0 Å². The largest absolute Gasteiger partial charge is 0.414 e. The first kappa shape index (κ1) is 26.8. The molecule has 1 spiro atoms. The molecule has 0 saturated carbocycles. The van der Waals surface area contributed by atoms with Crippen LogP contribution in [0.25, 0.3) is 6.08 Å². The van der Waals surface area contributed by atoms with E-state index in [2.05, 4.69) is 88.6 Å². The molecule has 1 aromatic rings. The molecule has 3 rings (SSSR count). The lowest BCUT2D eigenvalue weighted by Crippen LogP contribution is -2.48. The van der Waals surface area contributed by atoms with Crippen LogP contribution in [-0.2, 0) is 19.3 Å². The summed E-state index contributed by atoms with van der Waals surface area (Å²) in [6, 6.07) is 1.42. The van der Waals surface area contributed by atoms with Crippen LogP contribution in [0.4, 0.5) is 0 Å². The third-order valence-electron chi connectivity index (χ3n) is 7.89. The Bertz CT molecular complexity index is 1060. The van der Waals surface area contributed by atoms with Crippen LogP contribution in [0.5, 0.6) is 0 Å². The van der Waals surface area contributed by atoms with Gasteiger partial charge in [0.1, 0.15) is 6.10 Å². The fraction of sp³-hybridized carbons (Fsp3) is 0.739. The maximum absolute atomic E-state index is 12.9. The van der Waals surface area contributed by atoms with Crippen molar-refractivity contribution in [3.05, 3.63) is 37.1 Å². The summed E-state index contributed by atoms with van der Waals surface area (Å²) in [6.45, 7) is 22.5. The predicted molar refractivity (Wildman–Crippen MR) is 141 cm³/mol. The average Bonchev–Trinajstić information content (AvgIpc) is 3.08. The highest BCUT2D eigenvalue weighted by molar-refractivity contribution is 9.11. The number of nitrogens with one attached hydrogen (secondary N) is 1. The van der Waals surface area contributed by atoms with Gasteiger partial charge in [0.25, 0.3) is 5.56 Å². The number of aromatic amines is 1. The highest BCUT2D eigenvalue weighted by atomic mass is 79.9. The van der Waals surface area contributed by atoms with E-state index in [1.165, 1.54) is 10.6 Å². The highest BCUT2D eigenvalue weighted by Crippen LogP contribution is 2.50. The molecule has 1 N–H and O–H groups in total. The summed E-state index contributed by atoms with van der Waals surface area (Å²) in [7, 11) is -4.15. The fourth-order valence-electron chi connectivity index (χ4n) is 3.74. The first-order valence-electron chi connectivity index (χ1n) is 11.5. The first-order valence-corrected chi connectivity index (χ1v) is 18.2. The molecule has 33 heavy (non-hydrogen) atoms. The second kappa shape index (κ2) is 8.41. The minimum atomic E-state index is -2.13. The van der Waals surface area contributed by atoms with Gasteiger partial charge in [-0.15, -0.1) is 0 Å². The van der Waals surface area contributed by atoms with E-state index in [0.29, 0.717) is 23.2 Å². The van der Waals surface area contributed by atoms with Crippen LogP contribution in [0.3, 0.4) is 0 Å². The summed E-state index contributed by atoms with van der Waals surface area (Å²) in [5, 5.41) is 0.0895. The lowest BCUT2D eigenvalue weighted by molar-refractivity contribution is -0.0855. The molecule has 0 aliphatic carbocycles. The van der Waals surface area contributed by atoms with Crippen LogP contribution in [-0.4, -0.2) is 45.0 Å². The number of nitrogens with zero attached hydrogens (tertiary/aromatic N) is 1. The zero-order valence-corrected chi connectivity index (χ0v) is 25.2. The summed E-state index contributed by atoms with van der Waals surface area (Å²) in [4.78, 5) is 27.1. The van der Waals surface area contributed by atoms with Crippen molar-refractivity contribution < 1.29 is 13.6 Å². The molecule has 3 heterocycles. The smallest absolute Gasteiger partial charge is 0.331 e. The monoisotopic (exact) mass is 558 g/mol. The molecule has 2 aliphatic heterocycles.